The number of carboxylic acids is 1. The Morgan fingerprint density at radius 3 is 2.66 bits per heavy atom. The molecule has 2 fully saturated rings. The molecule has 29 heavy (non-hydrogen) atoms. The zero-order valence-corrected chi connectivity index (χ0v) is 17.8. The maximum Gasteiger partial charge on any atom is 0.303 e. The van der Waals surface area contributed by atoms with Crippen molar-refractivity contribution in [1.29, 1.82) is 0 Å². The number of nitrogens with zero attached hydrogens (tertiary/aromatic N) is 1. The smallest absolute Gasteiger partial charge is 0.303 e. The number of carboxylic acid groups (broad SMARTS) is 1. The van der Waals surface area contributed by atoms with Crippen molar-refractivity contribution in [3.8, 4) is 0 Å². The van der Waals surface area contributed by atoms with Crippen molar-refractivity contribution < 1.29 is 25.0 Å². The molecule has 0 saturated heterocycles. The Balaban J connectivity index is 1.63. The molecule has 2 saturated carbocycles. The van der Waals surface area contributed by atoms with Gasteiger partial charge in [-0.1, -0.05) is 69.2 Å². The van der Waals surface area contributed by atoms with Gasteiger partial charge in [0.1, 0.15) is 6.61 Å². The van der Waals surface area contributed by atoms with E-state index in [1.807, 2.05) is 12.2 Å². The van der Waals surface area contributed by atoms with E-state index in [4.69, 9.17) is 9.94 Å². The van der Waals surface area contributed by atoms with Crippen molar-refractivity contribution in [3.05, 3.63) is 12.2 Å². The molecule has 0 spiro atoms. The van der Waals surface area contributed by atoms with Crippen LogP contribution in [0.2, 0.25) is 0 Å². The molecule has 2 aliphatic carbocycles. The van der Waals surface area contributed by atoms with Gasteiger partial charge in [0.15, 0.2) is 0 Å². The third-order valence-corrected chi connectivity index (χ3v) is 6.29. The van der Waals surface area contributed by atoms with E-state index in [0.717, 1.165) is 25.0 Å². The van der Waals surface area contributed by atoms with Crippen molar-refractivity contribution in [1.82, 2.24) is 0 Å². The molecule has 6 nitrogen and oxygen atoms in total. The van der Waals surface area contributed by atoms with E-state index in [9.17, 15) is 15.0 Å². The van der Waals surface area contributed by atoms with Gasteiger partial charge in [-0.05, 0) is 31.6 Å². The van der Waals surface area contributed by atoms with Gasteiger partial charge in [-0.3, -0.25) is 4.79 Å². The van der Waals surface area contributed by atoms with Crippen molar-refractivity contribution in [3.63, 3.8) is 0 Å². The van der Waals surface area contributed by atoms with Crippen LogP contribution in [0.25, 0.3) is 0 Å². The van der Waals surface area contributed by atoms with Gasteiger partial charge in [0.25, 0.3) is 0 Å². The van der Waals surface area contributed by atoms with E-state index in [0.29, 0.717) is 25.4 Å². The monoisotopic (exact) mass is 409 g/mol. The van der Waals surface area contributed by atoms with Crippen LogP contribution in [0.15, 0.2) is 17.3 Å². The summed E-state index contributed by atoms with van der Waals surface area (Å²) in [5, 5.41) is 33.4. The Morgan fingerprint density at radius 1 is 1.21 bits per heavy atom. The fourth-order valence-electron chi connectivity index (χ4n) is 4.50. The first kappa shape index (κ1) is 23.9. The van der Waals surface area contributed by atoms with Crippen LogP contribution in [0.4, 0.5) is 0 Å². The second-order valence-corrected chi connectivity index (χ2v) is 8.63. The Kier molecular flexibility index (Phi) is 10.7. The van der Waals surface area contributed by atoms with Gasteiger partial charge in [0.05, 0.1) is 17.9 Å². The largest absolute Gasteiger partial charge is 0.481 e. The lowest BCUT2D eigenvalue weighted by molar-refractivity contribution is -0.137. The summed E-state index contributed by atoms with van der Waals surface area (Å²) >= 11 is 0. The highest BCUT2D eigenvalue weighted by Gasteiger charge is 2.51. The molecule has 0 aliphatic heterocycles. The third-order valence-electron chi connectivity index (χ3n) is 6.29. The fraction of sp³-hybridized carbons (Fsp3) is 0.826. The quantitative estimate of drug-likeness (QED) is 0.213. The van der Waals surface area contributed by atoms with Crippen molar-refractivity contribution in [2.24, 2.45) is 22.9 Å². The Bertz CT molecular complexity index is 547. The highest BCUT2D eigenvalue weighted by Crippen LogP contribution is 2.49. The maximum absolute atomic E-state index is 10.5. The molecule has 2 aliphatic rings. The molecule has 0 radical (unpaired) electrons. The molecule has 5 atom stereocenters. The molecule has 166 valence electrons. The predicted molar refractivity (Wildman–Crippen MR) is 114 cm³/mol. The maximum atomic E-state index is 10.5. The Labute approximate surface area is 175 Å². The van der Waals surface area contributed by atoms with Crippen LogP contribution < -0.4 is 0 Å². The summed E-state index contributed by atoms with van der Waals surface area (Å²) in [6.45, 7) is 2.53. The molecule has 0 aromatic carbocycles. The minimum Gasteiger partial charge on any atom is -0.481 e. The van der Waals surface area contributed by atoms with Gasteiger partial charge in [0, 0.05) is 18.3 Å². The average molecular weight is 410 g/mol. The number of aliphatic carboxylic acids is 1. The fourth-order valence-corrected chi connectivity index (χ4v) is 4.50. The Hall–Kier alpha value is -1.40. The number of fused-ring (bicyclic) bond motifs is 1. The number of rotatable bonds is 15. The molecule has 3 unspecified atom stereocenters. The number of aliphatic hydroxyl groups is 2. The minimum absolute atomic E-state index is 0.0784. The highest BCUT2D eigenvalue weighted by atomic mass is 16.6. The van der Waals surface area contributed by atoms with E-state index in [1.54, 1.807) is 0 Å². The first-order chi connectivity index (χ1) is 14.0. The predicted octanol–water partition coefficient (Wildman–Crippen LogP) is 4.30. The second kappa shape index (κ2) is 13.0. The first-order valence-electron chi connectivity index (χ1n) is 11.5. The van der Waals surface area contributed by atoms with Crippen LogP contribution >= 0.6 is 0 Å². The van der Waals surface area contributed by atoms with E-state index in [-0.39, 0.29) is 18.3 Å². The summed E-state index contributed by atoms with van der Waals surface area (Å²) in [4.78, 5) is 15.7. The van der Waals surface area contributed by atoms with E-state index < -0.39 is 18.2 Å². The average Bonchev–Trinajstić information content (AvgIpc) is 2.92. The van der Waals surface area contributed by atoms with Gasteiger partial charge in [-0.2, -0.15) is 0 Å². The van der Waals surface area contributed by atoms with Gasteiger partial charge in [0.2, 0.25) is 0 Å². The molecule has 0 aromatic rings. The summed E-state index contributed by atoms with van der Waals surface area (Å²) in [5.41, 5.74) is 0.976. The SMILES string of the molecule is CCCCCCCCCC(O)C=CC1C(O)C[C@@H]2C(=NOCCCC(=O)O)C[C@@H]12. The molecule has 0 heterocycles. The second-order valence-electron chi connectivity index (χ2n) is 8.63. The molecule has 0 amide bonds. The van der Waals surface area contributed by atoms with Gasteiger partial charge >= 0.3 is 5.97 Å². The number of oxime groups is 1. The third kappa shape index (κ3) is 8.09. The van der Waals surface area contributed by atoms with Crippen molar-refractivity contribution >= 4 is 11.7 Å². The lowest BCUT2D eigenvalue weighted by Gasteiger charge is -2.34. The first-order valence-corrected chi connectivity index (χ1v) is 11.5. The van der Waals surface area contributed by atoms with Crippen LogP contribution in [-0.4, -0.2) is 45.8 Å². The van der Waals surface area contributed by atoms with E-state index >= 15 is 0 Å². The summed E-state index contributed by atoms with van der Waals surface area (Å²) < 4.78 is 0. The lowest BCUT2D eigenvalue weighted by atomic mass is 9.71. The number of hydrogen-bond donors (Lipinski definition) is 3. The van der Waals surface area contributed by atoms with Crippen LogP contribution in [0.3, 0.4) is 0 Å². The standard InChI is InChI=1S/C23H39NO5/c1-2-3-4-5-6-7-8-10-17(25)12-13-18-19-15-21(20(19)16-22(18)26)24-29-14-9-11-23(27)28/h12-13,17-20,22,25-26H,2-11,14-16H2,1H3,(H,27,28)/t17?,18?,19-,20-,22?/m0/s1. The van der Waals surface area contributed by atoms with E-state index in [1.165, 1.54) is 38.5 Å². The topological polar surface area (TPSA) is 99.4 Å². The van der Waals surface area contributed by atoms with Crippen LogP contribution in [-0.2, 0) is 9.63 Å². The van der Waals surface area contributed by atoms with Crippen molar-refractivity contribution in [2.45, 2.75) is 96.2 Å². The molecule has 2 rings (SSSR count). The number of unbranched alkanes of at least 4 members (excludes halogenated alkanes) is 6. The summed E-state index contributed by atoms with van der Waals surface area (Å²) in [6, 6.07) is 0. The van der Waals surface area contributed by atoms with Gasteiger partial charge < -0.3 is 20.2 Å². The van der Waals surface area contributed by atoms with Gasteiger partial charge in [-0.15, -0.1) is 0 Å². The van der Waals surface area contributed by atoms with E-state index in [2.05, 4.69) is 12.1 Å². The number of hydrogen-bond acceptors (Lipinski definition) is 5. The molecular formula is C23H39NO5. The number of aliphatic hydroxyl groups excluding tert-OH is 2. The summed E-state index contributed by atoms with van der Waals surface area (Å²) in [6.07, 6.45) is 14.6. The molecule has 0 bridgehead atoms. The van der Waals surface area contributed by atoms with Gasteiger partial charge in [-0.25, -0.2) is 0 Å². The molecule has 3 N–H and O–H groups in total. The highest BCUT2D eigenvalue weighted by molar-refractivity contribution is 5.93. The summed E-state index contributed by atoms with van der Waals surface area (Å²) in [5.74, 6) is -0.130. The van der Waals surface area contributed by atoms with Crippen LogP contribution in [0.5, 0.6) is 0 Å². The number of carbonyl (C=O) groups is 1. The lowest BCUT2D eigenvalue weighted by Crippen LogP contribution is -2.36. The van der Waals surface area contributed by atoms with Crippen LogP contribution in [0.1, 0.15) is 84.0 Å². The zero-order chi connectivity index (χ0) is 21.1. The van der Waals surface area contributed by atoms with Crippen molar-refractivity contribution in [2.75, 3.05) is 6.61 Å². The molecule has 6 heteroatoms. The normalized spacial score (nSPS) is 28.4. The molecular weight excluding hydrogens is 370 g/mol. The molecule has 0 aromatic heterocycles. The zero-order valence-electron chi connectivity index (χ0n) is 17.8. The summed E-state index contributed by atoms with van der Waals surface area (Å²) in [7, 11) is 0. The van der Waals surface area contributed by atoms with Crippen LogP contribution in [0, 0.1) is 17.8 Å². The Morgan fingerprint density at radius 2 is 1.93 bits per heavy atom. The minimum atomic E-state index is -0.826.